The van der Waals surface area contributed by atoms with Gasteiger partial charge in [0.15, 0.2) is 0 Å². The van der Waals surface area contributed by atoms with Crippen molar-refractivity contribution >= 4 is 33.2 Å². The summed E-state index contributed by atoms with van der Waals surface area (Å²) in [6, 6.07) is 4.80. The predicted octanol–water partition coefficient (Wildman–Crippen LogP) is 2.37. The van der Waals surface area contributed by atoms with Gasteiger partial charge in [0.2, 0.25) is 10.0 Å². The topological polar surface area (TPSA) is 49.4 Å². The van der Waals surface area contributed by atoms with Gasteiger partial charge in [0.05, 0.1) is 14.9 Å². The van der Waals surface area contributed by atoms with Gasteiger partial charge < -0.3 is 5.32 Å². The van der Waals surface area contributed by atoms with Crippen LogP contribution >= 0.6 is 23.2 Å². The Morgan fingerprint density at radius 3 is 2.37 bits per heavy atom. The second kappa shape index (κ2) is 5.97. The first kappa shape index (κ1) is 15.1. The zero-order chi connectivity index (χ0) is 14.0. The molecule has 0 unspecified atom stereocenters. The van der Waals surface area contributed by atoms with Gasteiger partial charge in [-0.1, -0.05) is 23.2 Å². The van der Waals surface area contributed by atoms with E-state index in [1.165, 1.54) is 22.5 Å². The molecule has 1 aromatic rings. The third-order valence-corrected chi connectivity index (χ3v) is 6.02. The summed E-state index contributed by atoms with van der Waals surface area (Å²) in [6.07, 6.45) is 1.63. The largest absolute Gasteiger partial charge is 0.317 e. The molecule has 19 heavy (non-hydrogen) atoms. The van der Waals surface area contributed by atoms with Gasteiger partial charge in [0, 0.05) is 19.1 Å². The average Bonchev–Trinajstić information content (AvgIpc) is 2.41. The standard InChI is InChI=1S/C12H16Cl2N2O2S/c1-15-9-4-6-16(7-5-9)19(17,18)10-2-3-11(13)12(14)8-10/h2-3,8-9,15H,4-7H2,1H3. The predicted molar refractivity (Wildman–Crippen MR) is 77.3 cm³/mol. The van der Waals surface area contributed by atoms with E-state index in [0.29, 0.717) is 24.2 Å². The molecule has 1 saturated heterocycles. The summed E-state index contributed by atoms with van der Waals surface area (Å²) in [5, 5.41) is 3.79. The Labute approximate surface area is 123 Å². The van der Waals surface area contributed by atoms with Gasteiger partial charge in [-0.2, -0.15) is 4.31 Å². The van der Waals surface area contributed by atoms with Crippen molar-refractivity contribution in [2.75, 3.05) is 20.1 Å². The van der Waals surface area contributed by atoms with Crippen molar-refractivity contribution in [2.24, 2.45) is 0 Å². The van der Waals surface area contributed by atoms with Gasteiger partial charge in [-0.05, 0) is 38.1 Å². The molecule has 0 bridgehead atoms. The van der Waals surface area contributed by atoms with Crippen molar-refractivity contribution in [3.05, 3.63) is 28.2 Å². The molecule has 4 nitrogen and oxygen atoms in total. The zero-order valence-electron chi connectivity index (χ0n) is 10.6. The second-order valence-corrected chi connectivity index (χ2v) is 7.30. The maximum atomic E-state index is 12.4. The molecule has 106 valence electrons. The van der Waals surface area contributed by atoms with E-state index in [4.69, 9.17) is 23.2 Å². The molecule has 0 radical (unpaired) electrons. The minimum atomic E-state index is -3.47. The van der Waals surface area contributed by atoms with Gasteiger partial charge in [0.1, 0.15) is 0 Å². The highest BCUT2D eigenvalue weighted by Crippen LogP contribution is 2.27. The first-order valence-corrected chi connectivity index (χ1v) is 8.27. The summed E-state index contributed by atoms with van der Waals surface area (Å²) >= 11 is 11.7. The first-order chi connectivity index (χ1) is 8.95. The number of rotatable bonds is 3. The van der Waals surface area contributed by atoms with Crippen molar-refractivity contribution in [2.45, 2.75) is 23.8 Å². The summed E-state index contributed by atoms with van der Waals surface area (Å²) in [7, 11) is -1.57. The third-order valence-electron chi connectivity index (χ3n) is 3.39. The average molecular weight is 323 g/mol. The molecule has 1 heterocycles. The Balaban J connectivity index is 2.21. The maximum Gasteiger partial charge on any atom is 0.243 e. The molecular formula is C12H16Cl2N2O2S. The molecule has 0 aromatic heterocycles. The van der Waals surface area contributed by atoms with E-state index >= 15 is 0 Å². The normalized spacial score (nSPS) is 18.7. The Morgan fingerprint density at radius 1 is 1.21 bits per heavy atom. The van der Waals surface area contributed by atoms with Crippen molar-refractivity contribution in [3.63, 3.8) is 0 Å². The van der Waals surface area contributed by atoms with E-state index in [1.54, 1.807) is 0 Å². The van der Waals surface area contributed by atoms with Crippen LogP contribution in [0.1, 0.15) is 12.8 Å². The highest BCUT2D eigenvalue weighted by atomic mass is 35.5. The van der Waals surface area contributed by atoms with Crippen molar-refractivity contribution in [3.8, 4) is 0 Å². The third kappa shape index (κ3) is 3.23. The Kier molecular flexibility index (Phi) is 4.74. The zero-order valence-corrected chi connectivity index (χ0v) is 12.9. The van der Waals surface area contributed by atoms with Crippen LogP contribution in [0.3, 0.4) is 0 Å². The minimum absolute atomic E-state index is 0.199. The van der Waals surface area contributed by atoms with Crippen LogP contribution in [0.15, 0.2) is 23.1 Å². The van der Waals surface area contributed by atoms with Crippen LogP contribution in [0.5, 0.6) is 0 Å². The van der Waals surface area contributed by atoms with E-state index in [2.05, 4.69) is 5.32 Å². The van der Waals surface area contributed by atoms with E-state index in [1.807, 2.05) is 7.05 Å². The van der Waals surface area contributed by atoms with Gasteiger partial charge in [-0.25, -0.2) is 8.42 Å². The summed E-state index contributed by atoms with van der Waals surface area (Å²) in [5.41, 5.74) is 0. The molecular weight excluding hydrogens is 307 g/mol. The van der Waals surface area contributed by atoms with Crippen LogP contribution in [-0.4, -0.2) is 38.9 Å². The van der Waals surface area contributed by atoms with Crippen molar-refractivity contribution in [1.29, 1.82) is 0 Å². The molecule has 0 spiro atoms. The number of nitrogens with one attached hydrogen (secondary N) is 1. The quantitative estimate of drug-likeness (QED) is 0.929. The number of nitrogens with zero attached hydrogens (tertiary/aromatic N) is 1. The van der Waals surface area contributed by atoms with Crippen LogP contribution in [0.2, 0.25) is 10.0 Å². The molecule has 7 heteroatoms. The second-order valence-electron chi connectivity index (χ2n) is 4.54. The summed E-state index contributed by atoms with van der Waals surface area (Å²) in [4.78, 5) is 0.199. The van der Waals surface area contributed by atoms with Crippen LogP contribution < -0.4 is 5.32 Å². The van der Waals surface area contributed by atoms with E-state index in [-0.39, 0.29) is 9.92 Å². The molecule has 1 aliphatic rings. The molecule has 1 fully saturated rings. The number of benzene rings is 1. The molecule has 0 atom stereocenters. The van der Waals surface area contributed by atoms with Crippen molar-refractivity contribution < 1.29 is 8.42 Å². The van der Waals surface area contributed by atoms with Crippen LogP contribution in [0.4, 0.5) is 0 Å². The molecule has 0 saturated carbocycles. The maximum absolute atomic E-state index is 12.4. The summed E-state index contributed by atoms with van der Waals surface area (Å²) in [5.74, 6) is 0. The van der Waals surface area contributed by atoms with Gasteiger partial charge in [0.25, 0.3) is 0 Å². The Hall–Kier alpha value is -0.330. The van der Waals surface area contributed by atoms with Gasteiger partial charge >= 0.3 is 0 Å². The first-order valence-electron chi connectivity index (χ1n) is 6.07. The lowest BCUT2D eigenvalue weighted by Crippen LogP contribution is -2.43. The molecule has 1 aromatic carbocycles. The number of sulfonamides is 1. The number of hydrogen-bond donors (Lipinski definition) is 1. The number of halogens is 2. The Bertz CT molecular complexity index is 555. The lowest BCUT2D eigenvalue weighted by Gasteiger charge is -2.31. The molecule has 0 amide bonds. The highest BCUT2D eigenvalue weighted by molar-refractivity contribution is 7.89. The van der Waals surface area contributed by atoms with Crippen molar-refractivity contribution in [1.82, 2.24) is 9.62 Å². The van der Waals surface area contributed by atoms with E-state index in [9.17, 15) is 8.42 Å². The van der Waals surface area contributed by atoms with E-state index < -0.39 is 10.0 Å². The van der Waals surface area contributed by atoms with Crippen LogP contribution in [0, 0.1) is 0 Å². The highest BCUT2D eigenvalue weighted by Gasteiger charge is 2.29. The molecule has 0 aliphatic carbocycles. The monoisotopic (exact) mass is 322 g/mol. The number of hydrogen-bond acceptors (Lipinski definition) is 3. The fourth-order valence-electron chi connectivity index (χ4n) is 2.17. The fourth-order valence-corrected chi connectivity index (χ4v) is 4.03. The Morgan fingerprint density at radius 2 is 1.84 bits per heavy atom. The fraction of sp³-hybridized carbons (Fsp3) is 0.500. The smallest absolute Gasteiger partial charge is 0.243 e. The summed E-state index contributed by atoms with van der Waals surface area (Å²) in [6.45, 7) is 1.04. The van der Waals surface area contributed by atoms with Gasteiger partial charge in [-0.3, -0.25) is 0 Å². The van der Waals surface area contributed by atoms with E-state index in [0.717, 1.165) is 12.8 Å². The minimum Gasteiger partial charge on any atom is -0.317 e. The number of piperidine rings is 1. The summed E-state index contributed by atoms with van der Waals surface area (Å²) < 4.78 is 26.4. The van der Waals surface area contributed by atoms with Crippen LogP contribution in [0.25, 0.3) is 0 Å². The lowest BCUT2D eigenvalue weighted by atomic mass is 10.1. The molecule has 1 aliphatic heterocycles. The van der Waals surface area contributed by atoms with Crippen LogP contribution in [-0.2, 0) is 10.0 Å². The molecule has 1 N–H and O–H groups in total. The SMILES string of the molecule is CNC1CCN(S(=O)(=O)c2ccc(Cl)c(Cl)c2)CC1. The lowest BCUT2D eigenvalue weighted by molar-refractivity contribution is 0.298. The van der Waals surface area contributed by atoms with Gasteiger partial charge in [-0.15, -0.1) is 0 Å². The molecule has 2 rings (SSSR count).